The molecule has 7 nitrogen and oxygen atoms in total. The number of aliphatic hydroxyl groups excluding tert-OH is 1. The molecule has 130 valence electrons. The molecular formula is C16H21ClN4O3. The molecule has 0 amide bonds. The van der Waals surface area contributed by atoms with Crippen molar-refractivity contribution >= 4 is 22.8 Å². The van der Waals surface area contributed by atoms with Crippen LogP contribution in [0.2, 0.25) is 5.15 Å². The summed E-state index contributed by atoms with van der Waals surface area (Å²) < 4.78 is 13.4. The molecular weight excluding hydrogens is 332 g/mol. The van der Waals surface area contributed by atoms with E-state index in [0.717, 1.165) is 18.5 Å². The third kappa shape index (κ3) is 2.90. The van der Waals surface area contributed by atoms with Gasteiger partial charge in [-0.1, -0.05) is 11.6 Å². The predicted molar refractivity (Wildman–Crippen MR) is 87.8 cm³/mol. The standard InChI is InChI=1S/C16H21ClN4O3/c17-15-14-16(19-8-18-15)21(9-20-14)12-6-11-5-10(12)7-13(11)24-4-3-23-2-1-22/h8-13,22H,1-7H2/t10-,11-,12+,13+/m1/s1. The van der Waals surface area contributed by atoms with Gasteiger partial charge < -0.3 is 19.1 Å². The van der Waals surface area contributed by atoms with Gasteiger partial charge in [0.05, 0.1) is 38.9 Å². The van der Waals surface area contributed by atoms with Crippen molar-refractivity contribution < 1.29 is 14.6 Å². The van der Waals surface area contributed by atoms with Gasteiger partial charge in [-0.2, -0.15) is 0 Å². The van der Waals surface area contributed by atoms with Crippen molar-refractivity contribution in [2.45, 2.75) is 31.4 Å². The molecule has 0 aliphatic heterocycles. The zero-order chi connectivity index (χ0) is 16.5. The van der Waals surface area contributed by atoms with E-state index in [-0.39, 0.29) is 6.61 Å². The van der Waals surface area contributed by atoms with Crippen molar-refractivity contribution in [3.63, 3.8) is 0 Å². The predicted octanol–water partition coefficient (Wildman–Crippen LogP) is 1.84. The van der Waals surface area contributed by atoms with Crippen LogP contribution in [0.4, 0.5) is 0 Å². The number of aromatic nitrogens is 4. The van der Waals surface area contributed by atoms with Crippen LogP contribution in [0.3, 0.4) is 0 Å². The van der Waals surface area contributed by atoms with Gasteiger partial charge in [0.2, 0.25) is 0 Å². The monoisotopic (exact) mass is 352 g/mol. The van der Waals surface area contributed by atoms with E-state index >= 15 is 0 Å². The smallest absolute Gasteiger partial charge is 0.165 e. The lowest BCUT2D eigenvalue weighted by molar-refractivity contribution is -0.0271. The molecule has 0 spiro atoms. The molecule has 2 aliphatic rings. The van der Waals surface area contributed by atoms with E-state index in [9.17, 15) is 0 Å². The van der Waals surface area contributed by atoms with Gasteiger partial charge in [0.15, 0.2) is 10.8 Å². The first kappa shape index (κ1) is 16.2. The van der Waals surface area contributed by atoms with E-state index < -0.39 is 0 Å². The first-order chi connectivity index (χ1) is 11.8. The second-order valence-electron chi connectivity index (χ2n) is 6.53. The molecule has 0 aromatic carbocycles. The minimum atomic E-state index is 0.0578. The first-order valence-electron chi connectivity index (χ1n) is 8.41. The number of ether oxygens (including phenoxy) is 2. The Bertz CT molecular complexity index is 710. The first-order valence-corrected chi connectivity index (χ1v) is 8.79. The molecule has 4 rings (SSSR count). The molecule has 2 fully saturated rings. The second-order valence-corrected chi connectivity index (χ2v) is 6.89. The highest BCUT2D eigenvalue weighted by Crippen LogP contribution is 2.52. The second kappa shape index (κ2) is 6.92. The van der Waals surface area contributed by atoms with E-state index in [1.165, 1.54) is 12.7 Å². The van der Waals surface area contributed by atoms with Gasteiger partial charge in [0, 0.05) is 6.04 Å². The summed E-state index contributed by atoms with van der Waals surface area (Å²) in [5.41, 5.74) is 1.50. The van der Waals surface area contributed by atoms with E-state index in [4.69, 9.17) is 26.2 Å². The van der Waals surface area contributed by atoms with Crippen molar-refractivity contribution in [3.05, 3.63) is 17.8 Å². The van der Waals surface area contributed by atoms with Crippen LogP contribution < -0.4 is 0 Å². The molecule has 2 aliphatic carbocycles. The fourth-order valence-corrected chi connectivity index (χ4v) is 4.41. The summed E-state index contributed by atoms with van der Waals surface area (Å²) in [6.45, 7) is 1.57. The Hall–Kier alpha value is -1.28. The minimum absolute atomic E-state index is 0.0578. The summed E-state index contributed by atoms with van der Waals surface area (Å²) in [6.07, 6.45) is 6.99. The highest BCUT2D eigenvalue weighted by atomic mass is 35.5. The van der Waals surface area contributed by atoms with Crippen molar-refractivity contribution in [2.24, 2.45) is 11.8 Å². The van der Waals surface area contributed by atoms with Gasteiger partial charge in [-0.3, -0.25) is 0 Å². The Labute approximate surface area is 145 Å². The summed E-state index contributed by atoms with van der Waals surface area (Å²) in [4.78, 5) is 12.7. The molecule has 2 aromatic heterocycles. The van der Waals surface area contributed by atoms with Gasteiger partial charge in [0.1, 0.15) is 11.8 Å². The van der Waals surface area contributed by atoms with Crippen LogP contribution in [-0.2, 0) is 9.47 Å². The van der Waals surface area contributed by atoms with Gasteiger partial charge >= 0.3 is 0 Å². The number of fused-ring (bicyclic) bond motifs is 3. The quantitative estimate of drug-likeness (QED) is 0.605. The highest BCUT2D eigenvalue weighted by molar-refractivity contribution is 6.33. The Balaban J connectivity index is 1.38. The minimum Gasteiger partial charge on any atom is -0.394 e. The molecule has 24 heavy (non-hydrogen) atoms. The summed E-state index contributed by atoms with van der Waals surface area (Å²) >= 11 is 6.10. The lowest BCUT2D eigenvalue weighted by Crippen LogP contribution is -2.27. The zero-order valence-corrected chi connectivity index (χ0v) is 14.1. The van der Waals surface area contributed by atoms with Crippen molar-refractivity contribution in [2.75, 3.05) is 26.4 Å². The van der Waals surface area contributed by atoms with Crippen LogP contribution in [0.1, 0.15) is 25.3 Å². The van der Waals surface area contributed by atoms with Gasteiger partial charge in [0.25, 0.3) is 0 Å². The average Bonchev–Trinajstić information content (AvgIpc) is 3.28. The number of nitrogens with zero attached hydrogens (tertiary/aromatic N) is 4. The van der Waals surface area contributed by atoms with Crippen LogP contribution in [0.15, 0.2) is 12.7 Å². The van der Waals surface area contributed by atoms with Crippen molar-refractivity contribution in [1.82, 2.24) is 19.5 Å². The Morgan fingerprint density at radius 2 is 2.04 bits per heavy atom. The number of hydrogen-bond acceptors (Lipinski definition) is 6. The SMILES string of the molecule is OCCOCCO[C@H]1C[C@H]2C[C@@H]1C[C@@H]2n1cnc2c(Cl)ncnc21. The zero-order valence-electron chi connectivity index (χ0n) is 13.3. The largest absolute Gasteiger partial charge is 0.394 e. The van der Waals surface area contributed by atoms with Crippen LogP contribution >= 0.6 is 11.6 Å². The molecule has 2 aromatic rings. The number of halogens is 1. The lowest BCUT2D eigenvalue weighted by atomic mass is 9.93. The van der Waals surface area contributed by atoms with E-state index in [0.29, 0.717) is 54.5 Å². The van der Waals surface area contributed by atoms with E-state index in [1.807, 2.05) is 6.33 Å². The van der Waals surface area contributed by atoms with Crippen LogP contribution in [0, 0.1) is 11.8 Å². The molecule has 1 N–H and O–H groups in total. The molecule has 0 saturated heterocycles. The number of hydrogen-bond donors (Lipinski definition) is 1. The number of imidazole rings is 1. The molecule has 0 radical (unpaired) electrons. The fourth-order valence-electron chi connectivity index (χ4n) is 4.23. The molecule has 2 bridgehead atoms. The van der Waals surface area contributed by atoms with Crippen LogP contribution in [-0.4, -0.2) is 57.2 Å². The number of rotatable bonds is 7. The Morgan fingerprint density at radius 1 is 1.12 bits per heavy atom. The van der Waals surface area contributed by atoms with Gasteiger partial charge in [-0.15, -0.1) is 0 Å². The lowest BCUT2D eigenvalue weighted by Gasteiger charge is -2.29. The maximum Gasteiger partial charge on any atom is 0.165 e. The van der Waals surface area contributed by atoms with Gasteiger partial charge in [-0.05, 0) is 31.1 Å². The summed E-state index contributed by atoms with van der Waals surface area (Å²) in [5.74, 6) is 1.16. The highest BCUT2D eigenvalue weighted by Gasteiger charge is 2.47. The van der Waals surface area contributed by atoms with Gasteiger partial charge in [-0.25, -0.2) is 15.0 Å². The fraction of sp³-hybridized carbons (Fsp3) is 0.688. The molecule has 8 heteroatoms. The molecule has 0 unspecified atom stereocenters. The average molecular weight is 353 g/mol. The maximum atomic E-state index is 8.68. The van der Waals surface area contributed by atoms with Crippen LogP contribution in [0.5, 0.6) is 0 Å². The summed E-state index contributed by atoms with van der Waals surface area (Å²) in [6, 6.07) is 0.413. The van der Waals surface area contributed by atoms with E-state index in [2.05, 4.69) is 19.5 Å². The summed E-state index contributed by atoms with van der Waals surface area (Å²) in [7, 11) is 0. The van der Waals surface area contributed by atoms with E-state index in [1.54, 1.807) is 0 Å². The normalized spacial score (nSPS) is 28.9. The topological polar surface area (TPSA) is 82.3 Å². The van der Waals surface area contributed by atoms with Crippen LogP contribution in [0.25, 0.3) is 11.2 Å². The summed E-state index contributed by atoms with van der Waals surface area (Å²) in [5, 5.41) is 9.09. The maximum absolute atomic E-state index is 8.68. The van der Waals surface area contributed by atoms with Crippen molar-refractivity contribution in [3.8, 4) is 0 Å². The third-order valence-corrected chi connectivity index (χ3v) is 5.50. The molecule has 2 heterocycles. The third-order valence-electron chi connectivity index (χ3n) is 5.22. The Morgan fingerprint density at radius 3 is 2.83 bits per heavy atom. The molecule has 4 atom stereocenters. The molecule has 2 saturated carbocycles. The van der Waals surface area contributed by atoms with Crippen molar-refractivity contribution in [1.29, 1.82) is 0 Å². The Kier molecular flexibility index (Phi) is 4.67. The number of aliphatic hydroxyl groups is 1.